The number of phenolic OH excluding ortho intramolecular Hbond substituents is 2. The first-order valence-electron chi connectivity index (χ1n) is 9.77. The number of aromatic amines is 1. The lowest BCUT2D eigenvalue weighted by molar-refractivity contribution is 0.245. The third-order valence-corrected chi connectivity index (χ3v) is 5.54. The lowest BCUT2D eigenvalue weighted by Gasteiger charge is -2.36. The van der Waals surface area contributed by atoms with Crippen molar-refractivity contribution in [2.45, 2.75) is 6.54 Å². The number of fused-ring (bicyclic) bond motifs is 1. The van der Waals surface area contributed by atoms with Gasteiger partial charge in [0.15, 0.2) is 11.5 Å². The second kappa shape index (κ2) is 10.5. The Morgan fingerprint density at radius 1 is 1.00 bits per heavy atom. The van der Waals surface area contributed by atoms with E-state index in [4.69, 9.17) is 4.74 Å². The van der Waals surface area contributed by atoms with Gasteiger partial charge in [0.1, 0.15) is 11.1 Å². The van der Waals surface area contributed by atoms with Gasteiger partial charge in [0.2, 0.25) is 0 Å². The summed E-state index contributed by atoms with van der Waals surface area (Å²) in [5, 5.41) is 19.6. The van der Waals surface area contributed by atoms with Crippen molar-refractivity contribution in [1.29, 1.82) is 0 Å². The van der Waals surface area contributed by atoms with E-state index in [1.807, 2.05) is 24.3 Å². The summed E-state index contributed by atoms with van der Waals surface area (Å²) in [5.74, 6) is -0.0816. The number of phenols is 2. The third kappa shape index (κ3) is 4.74. The van der Waals surface area contributed by atoms with Crippen molar-refractivity contribution in [2.24, 2.45) is 0 Å². The summed E-state index contributed by atoms with van der Waals surface area (Å²) in [6.45, 7) is 3.88. The van der Waals surface area contributed by atoms with Crippen LogP contribution in [-0.2, 0) is 6.54 Å². The maximum atomic E-state index is 12.7. The van der Waals surface area contributed by atoms with Gasteiger partial charge < -0.3 is 30.3 Å². The van der Waals surface area contributed by atoms with Crippen LogP contribution in [0.1, 0.15) is 0 Å². The Morgan fingerprint density at radius 2 is 1.69 bits per heavy atom. The van der Waals surface area contributed by atoms with Crippen LogP contribution in [0.2, 0.25) is 0 Å². The number of para-hydroxylation sites is 2. The van der Waals surface area contributed by atoms with Crippen LogP contribution in [0.4, 0.5) is 5.69 Å². The fourth-order valence-corrected chi connectivity index (χ4v) is 3.86. The van der Waals surface area contributed by atoms with E-state index in [-0.39, 0.29) is 39.9 Å². The van der Waals surface area contributed by atoms with Gasteiger partial charge in [0.25, 0.3) is 5.56 Å². The summed E-state index contributed by atoms with van der Waals surface area (Å²) in [5.41, 5.74) is 0.0964. The SMILES string of the molecule is Br.COc1ccccc1N1CCN(CCn2c(=O)[nH]c3ccc(O)c(O)c3c2=O)CC1.O. The number of halogens is 1. The summed E-state index contributed by atoms with van der Waals surface area (Å²) >= 11 is 0. The molecular formula is C21H27BrN4O6. The van der Waals surface area contributed by atoms with Crippen LogP contribution < -0.4 is 20.9 Å². The summed E-state index contributed by atoms with van der Waals surface area (Å²) in [6.07, 6.45) is 0. The maximum absolute atomic E-state index is 12.7. The lowest BCUT2D eigenvalue weighted by atomic mass is 10.2. The molecular weight excluding hydrogens is 484 g/mol. The van der Waals surface area contributed by atoms with Crippen LogP contribution in [0.25, 0.3) is 10.9 Å². The predicted molar refractivity (Wildman–Crippen MR) is 128 cm³/mol. The van der Waals surface area contributed by atoms with E-state index in [2.05, 4.69) is 14.8 Å². The highest BCUT2D eigenvalue weighted by Gasteiger charge is 2.20. The molecule has 0 bridgehead atoms. The van der Waals surface area contributed by atoms with Crippen molar-refractivity contribution in [3.8, 4) is 17.2 Å². The van der Waals surface area contributed by atoms with Gasteiger partial charge >= 0.3 is 5.69 Å². The average molecular weight is 511 g/mol. The minimum absolute atomic E-state index is 0. The van der Waals surface area contributed by atoms with Gasteiger partial charge in [-0.15, -0.1) is 17.0 Å². The highest BCUT2D eigenvalue weighted by molar-refractivity contribution is 8.93. The molecule has 1 saturated heterocycles. The molecule has 3 aromatic rings. The molecule has 2 aromatic carbocycles. The number of piperazine rings is 1. The molecule has 0 atom stereocenters. The molecule has 0 unspecified atom stereocenters. The molecule has 4 rings (SSSR count). The summed E-state index contributed by atoms with van der Waals surface area (Å²) in [4.78, 5) is 32.1. The predicted octanol–water partition coefficient (Wildman–Crippen LogP) is 0.685. The smallest absolute Gasteiger partial charge is 0.328 e. The number of ether oxygens (including phenoxy) is 1. The van der Waals surface area contributed by atoms with Crippen molar-refractivity contribution in [3.63, 3.8) is 0 Å². The molecule has 10 nitrogen and oxygen atoms in total. The van der Waals surface area contributed by atoms with Gasteiger partial charge in [-0.1, -0.05) is 12.1 Å². The minimum atomic E-state index is -0.616. The number of aromatic nitrogens is 2. The molecule has 0 saturated carbocycles. The van der Waals surface area contributed by atoms with E-state index < -0.39 is 22.7 Å². The number of nitrogens with zero attached hydrogens (tertiary/aromatic N) is 3. The molecule has 0 spiro atoms. The molecule has 32 heavy (non-hydrogen) atoms. The van der Waals surface area contributed by atoms with Crippen LogP contribution in [-0.4, -0.2) is 70.0 Å². The molecule has 1 fully saturated rings. The van der Waals surface area contributed by atoms with E-state index in [0.717, 1.165) is 42.2 Å². The second-order valence-corrected chi connectivity index (χ2v) is 7.24. The van der Waals surface area contributed by atoms with Crippen molar-refractivity contribution < 1.29 is 20.4 Å². The molecule has 0 amide bonds. The number of aromatic hydroxyl groups is 2. The topological polar surface area (TPSA) is 143 Å². The van der Waals surface area contributed by atoms with Gasteiger partial charge in [-0.2, -0.15) is 0 Å². The van der Waals surface area contributed by atoms with Crippen molar-refractivity contribution in [2.75, 3.05) is 44.7 Å². The number of hydrogen-bond acceptors (Lipinski definition) is 7. The van der Waals surface area contributed by atoms with Crippen LogP contribution in [0, 0.1) is 0 Å². The number of anilines is 1. The number of methoxy groups -OCH3 is 1. The first-order valence-corrected chi connectivity index (χ1v) is 9.77. The second-order valence-electron chi connectivity index (χ2n) is 7.24. The Kier molecular flexibility index (Phi) is 8.31. The largest absolute Gasteiger partial charge is 0.504 e. The van der Waals surface area contributed by atoms with Gasteiger partial charge in [-0.25, -0.2) is 4.79 Å². The number of benzene rings is 2. The third-order valence-electron chi connectivity index (χ3n) is 5.54. The normalized spacial score (nSPS) is 14.0. The lowest BCUT2D eigenvalue weighted by Crippen LogP contribution is -2.48. The van der Waals surface area contributed by atoms with Gasteiger partial charge in [0.05, 0.1) is 18.3 Å². The fraction of sp³-hybridized carbons (Fsp3) is 0.333. The molecule has 0 aliphatic carbocycles. The van der Waals surface area contributed by atoms with Gasteiger partial charge in [-0.3, -0.25) is 14.3 Å². The zero-order valence-corrected chi connectivity index (χ0v) is 19.3. The molecule has 0 radical (unpaired) electrons. The first-order chi connectivity index (χ1) is 14.5. The summed E-state index contributed by atoms with van der Waals surface area (Å²) in [6, 6.07) is 10.5. The Morgan fingerprint density at radius 3 is 2.38 bits per heavy atom. The molecule has 1 aliphatic rings. The van der Waals surface area contributed by atoms with E-state index in [9.17, 15) is 19.8 Å². The Bertz CT molecular complexity index is 1190. The van der Waals surface area contributed by atoms with Crippen molar-refractivity contribution >= 4 is 33.6 Å². The number of hydrogen-bond donors (Lipinski definition) is 3. The Balaban J connectivity index is 0.00000181. The van der Waals surface area contributed by atoms with E-state index in [1.54, 1.807) is 7.11 Å². The van der Waals surface area contributed by atoms with E-state index in [1.165, 1.54) is 12.1 Å². The van der Waals surface area contributed by atoms with Gasteiger partial charge in [-0.05, 0) is 24.3 Å². The van der Waals surface area contributed by atoms with Crippen molar-refractivity contribution in [3.05, 3.63) is 57.2 Å². The minimum Gasteiger partial charge on any atom is -0.504 e. The highest BCUT2D eigenvalue weighted by Crippen LogP contribution is 2.30. The number of rotatable bonds is 5. The Labute approximate surface area is 194 Å². The fourth-order valence-electron chi connectivity index (χ4n) is 3.86. The van der Waals surface area contributed by atoms with Crippen molar-refractivity contribution in [1.82, 2.24) is 14.5 Å². The molecule has 174 valence electrons. The number of H-pyrrole nitrogens is 1. The zero-order chi connectivity index (χ0) is 21.3. The molecule has 1 aliphatic heterocycles. The number of nitrogens with one attached hydrogen (secondary N) is 1. The highest BCUT2D eigenvalue weighted by atomic mass is 79.9. The average Bonchev–Trinajstić information content (AvgIpc) is 2.76. The quantitative estimate of drug-likeness (QED) is 0.428. The molecule has 11 heteroatoms. The summed E-state index contributed by atoms with van der Waals surface area (Å²) < 4.78 is 6.50. The van der Waals surface area contributed by atoms with Crippen LogP contribution >= 0.6 is 17.0 Å². The first kappa shape index (κ1) is 25.2. The van der Waals surface area contributed by atoms with Crippen LogP contribution in [0.5, 0.6) is 17.2 Å². The van der Waals surface area contributed by atoms with Gasteiger partial charge in [0, 0.05) is 39.3 Å². The van der Waals surface area contributed by atoms with Crippen LogP contribution in [0.3, 0.4) is 0 Å². The monoisotopic (exact) mass is 510 g/mol. The van der Waals surface area contributed by atoms with Crippen LogP contribution in [0.15, 0.2) is 46.0 Å². The molecule has 2 heterocycles. The molecule has 1 aromatic heterocycles. The Hall–Kier alpha value is -3.02. The van der Waals surface area contributed by atoms with E-state index >= 15 is 0 Å². The zero-order valence-electron chi connectivity index (χ0n) is 17.6. The molecule has 5 N–H and O–H groups in total. The van der Waals surface area contributed by atoms with E-state index in [0.29, 0.717) is 6.54 Å². The standard InChI is InChI=1S/C21H24N4O5.BrH.H2O/c1-30-17-5-3-2-4-15(17)24-11-8-23(9-12-24)10-13-25-20(28)18-14(22-21(25)29)6-7-16(26)19(18)27;;/h2-7,26-27H,8-13H2,1H3,(H,22,29);1H;1H2. The summed E-state index contributed by atoms with van der Waals surface area (Å²) in [7, 11) is 1.66. The maximum Gasteiger partial charge on any atom is 0.328 e.